The highest BCUT2D eigenvalue weighted by Gasteiger charge is 2.24. The third kappa shape index (κ3) is 6.52. The summed E-state index contributed by atoms with van der Waals surface area (Å²) < 4.78 is 20.0. The molecule has 0 saturated carbocycles. The van der Waals surface area contributed by atoms with Gasteiger partial charge in [0.1, 0.15) is 17.7 Å². The molecule has 2 aromatic carbocycles. The summed E-state index contributed by atoms with van der Waals surface area (Å²) in [7, 11) is 4.24. The van der Waals surface area contributed by atoms with Gasteiger partial charge in [-0.25, -0.2) is 19.2 Å². The van der Waals surface area contributed by atoms with E-state index < -0.39 is 16.8 Å². The van der Waals surface area contributed by atoms with Gasteiger partial charge in [-0.2, -0.15) is 0 Å². The van der Waals surface area contributed by atoms with Gasteiger partial charge in [-0.05, 0) is 68.5 Å². The maximum atomic E-state index is 14.6. The SMILES string of the molecule is CC(C)(C)OC(=O)Nc1cc(C(F)(P)P)ccc1-c1cc(Nc2ccc3c(c2)CC(O)C3)ncn1. The maximum Gasteiger partial charge on any atom is 0.412 e. The zero-order valence-corrected chi connectivity index (χ0v) is 22.1. The van der Waals surface area contributed by atoms with Crippen molar-refractivity contribution in [2.24, 2.45) is 0 Å². The Bertz CT molecular complexity index is 1260. The lowest BCUT2D eigenvalue weighted by Crippen LogP contribution is -2.27. The second-order valence-electron chi connectivity index (χ2n) is 9.61. The number of carbonyl (C=O) groups is 1. The van der Waals surface area contributed by atoms with Crippen molar-refractivity contribution < 1.29 is 19.0 Å². The van der Waals surface area contributed by atoms with Crippen molar-refractivity contribution in [3.8, 4) is 11.3 Å². The summed E-state index contributed by atoms with van der Waals surface area (Å²) in [5.74, 6) is 0.553. The molecule has 7 nitrogen and oxygen atoms in total. The number of hydrogen-bond donors (Lipinski definition) is 3. The molecule has 0 radical (unpaired) electrons. The molecule has 0 saturated heterocycles. The minimum absolute atomic E-state index is 0.337. The molecule has 0 fully saturated rings. The number of carbonyl (C=O) groups excluding carboxylic acids is 1. The number of halogens is 1. The number of amides is 1. The number of rotatable bonds is 5. The van der Waals surface area contributed by atoms with E-state index in [1.54, 1.807) is 45.0 Å². The summed E-state index contributed by atoms with van der Waals surface area (Å²) in [6.07, 6.45) is 1.73. The number of hydrogen-bond acceptors (Lipinski definition) is 6. The predicted molar refractivity (Wildman–Crippen MR) is 143 cm³/mol. The second-order valence-corrected chi connectivity index (χ2v) is 12.0. The van der Waals surface area contributed by atoms with Gasteiger partial charge in [0.05, 0.1) is 17.5 Å². The van der Waals surface area contributed by atoms with Crippen molar-refractivity contribution in [1.82, 2.24) is 9.97 Å². The fourth-order valence-electron chi connectivity index (χ4n) is 3.92. The molecular formula is C25H29FN4O3P2. The van der Waals surface area contributed by atoms with Crippen LogP contribution in [-0.2, 0) is 22.7 Å². The number of nitrogens with one attached hydrogen (secondary N) is 2. The Kier molecular flexibility index (Phi) is 7.10. The van der Waals surface area contributed by atoms with Gasteiger partial charge in [0.2, 0.25) is 0 Å². The number of benzene rings is 2. The molecule has 35 heavy (non-hydrogen) atoms. The van der Waals surface area contributed by atoms with E-state index in [1.165, 1.54) is 6.33 Å². The van der Waals surface area contributed by atoms with Gasteiger partial charge < -0.3 is 15.2 Å². The fraction of sp³-hybridized carbons (Fsp3) is 0.320. The van der Waals surface area contributed by atoms with Crippen LogP contribution in [0.1, 0.15) is 37.5 Å². The summed E-state index contributed by atoms with van der Waals surface area (Å²) in [6.45, 7) is 5.30. The van der Waals surface area contributed by atoms with E-state index in [0.717, 1.165) is 16.8 Å². The summed E-state index contributed by atoms with van der Waals surface area (Å²) in [4.78, 5) is 21.2. The Hall–Kier alpha value is -2.66. The Morgan fingerprint density at radius 3 is 2.54 bits per heavy atom. The highest BCUT2D eigenvalue weighted by atomic mass is 31.1. The first kappa shape index (κ1) is 25.4. The van der Waals surface area contributed by atoms with Crippen molar-refractivity contribution in [3.05, 3.63) is 65.5 Å². The van der Waals surface area contributed by atoms with Crippen LogP contribution in [0.2, 0.25) is 0 Å². The van der Waals surface area contributed by atoms with Gasteiger partial charge in [0.15, 0.2) is 5.15 Å². The van der Waals surface area contributed by atoms with Gasteiger partial charge in [-0.3, -0.25) is 5.32 Å². The van der Waals surface area contributed by atoms with Gasteiger partial charge in [-0.15, -0.1) is 0 Å². The summed E-state index contributed by atoms with van der Waals surface area (Å²) in [5.41, 5.74) is 4.24. The molecule has 3 N–H and O–H groups in total. The molecule has 1 heterocycles. The minimum atomic E-state index is -1.76. The van der Waals surface area contributed by atoms with Crippen molar-refractivity contribution in [3.63, 3.8) is 0 Å². The van der Waals surface area contributed by atoms with E-state index in [0.29, 0.717) is 41.2 Å². The van der Waals surface area contributed by atoms with Crippen LogP contribution < -0.4 is 10.6 Å². The van der Waals surface area contributed by atoms with Gasteiger partial charge in [-0.1, -0.05) is 36.7 Å². The topological polar surface area (TPSA) is 96.4 Å². The molecule has 0 spiro atoms. The van der Waals surface area contributed by atoms with Crippen LogP contribution in [0.4, 0.5) is 26.4 Å². The quantitative estimate of drug-likeness (QED) is 0.388. The molecule has 184 valence electrons. The predicted octanol–water partition coefficient (Wildman–Crippen LogP) is 5.52. The third-order valence-corrected chi connectivity index (χ3v) is 6.10. The summed E-state index contributed by atoms with van der Waals surface area (Å²) >= 11 is 0. The molecule has 1 aliphatic carbocycles. The Morgan fingerprint density at radius 2 is 1.83 bits per heavy atom. The van der Waals surface area contributed by atoms with E-state index >= 15 is 0 Å². The third-order valence-electron chi connectivity index (χ3n) is 5.43. The highest BCUT2D eigenvalue weighted by Crippen LogP contribution is 2.42. The van der Waals surface area contributed by atoms with Crippen LogP contribution in [0, 0.1) is 0 Å². The molecule has 1 amide bonds. The van der Waals surface area contributed by atoms with E-state index in [-0.39, 0.29) is 6.10 Å². The Labute approximate surface area is 208 Å². The molecule has 1 aliphatic rings. The lowest BCUT2D eigenvalue weighted by molar-refractivity contribution is 0.0636. The lowest BCUT2D eigenvalue weighted by Gasteiger charge is -2.22. The summed E-state index contributed by atoms with van der Waals surface area (Å²) in [6, 6.07) is 12.6. The molecule has 10 heteroatoms. The number of aromatic nitrogens is 2. The molecule has 3 unspecified atom stereocenters. The monoisotopic (exact) mass is 514 g/mol. The molecule has 4 rings (SSSR count). The van der Waals surface area contributed by atoms with E-state index in [2.05, 4.69) is 39.1 Å². The number of anilines is 3. The normalized spacial score (nSPS) is 15.5. The van der Waals surface area contributed by atoms with Gasteiger partial charge in [0, 0.05) is 17.3 Å². The van der Waals surface area contributed by atoms with Crippen LogP contribution in [0.25, 0.3) is 11.3 Å². The van der Waals surface area contributed by atoms with Crippen molar-refractivity contribution in [2.45, 2.75) is 50.5 Å². The largest absolute Gasteiger partial charge is 0.444 e. The first-order chi connectivity index (χ1) is 16.4. The van der Waals surface area contributed by atoms with Gasteiger partial charge >= 0.3 is 6.09 Å². The molecule has 3 aromatic rings. The number of aliphatic hydroxyl groups excluding tert-OH is 1. The van der Waals surface area contributed by atoms with Crippen molar-refractivity contribution in [2.75, 3.05) is 10.6 Å². The lowest BCUT2D eigenvalue weighted by atomic mass is 10.1. The fourth-order valence-corrected chi connectivity index (χ4v) is 4.28. The average Bonchev–Trinajstić information content (AvgIpc) is 3.11. The van der Waals surface area contributed by atoms with Crippen LogP contribution >= 0.6 is 18.5 Å². The molecule has 0 aliphatic heterocycles. The Balaban J connectivity index is 1.64. The first-order valence-electron chi connectivity index (χ1n) is 11.2. The molecular weight excluding hydrogens is 485 g/mol. The van der Waals surface area contributed by atoms with E-state index in [1.807, 2.05) is 18.2 Å². The number of ether oxygens (including phenoxy) is 1. The van der Waals surface area contributed by atoms with Crippen LogP contribution in [0.15, 0.2) is 48.8 Å². The van der Waals surface area contributed by atoms with Crippen molar-refractivity contribution in [1.29, 1.82) is 0 Å². The maximum absolute atomic E-state index is 14.6. The number of alkyl halides is 1. The number of aliphatic hydroxyl groups is 1. The van der Waals surface area contributed by atoms with E-state index in [9.17, 15) is 14.3 Å². The van der Waals surface area contributed by atoms with Crippen LogP contribution in [-0.4, -0.2) is 32.9 Å². The summed E-state index contributed by atoms with van der Waals surface area (Å²) in [5, 5.41) is 14.1. The van der Waals surface area contributed by atoms with Crippen LogP contribution in [0.5, 0.6) is 0 Å². The molecule has 3 atom stereocenters. The Morgan fingerprint density at radius 1 is 1.09 bits per heavy atom. The highest BCUT2D eigenvalue weighted by molar-refractivity contribution is 7.38. The second kappa shape index (κ2) is 9.77. The van der Waals surface area contributed by atoms with Gasteiger partial charge in [0.25, 0.3) is 0 Å². The smallest absolute Gasteiger partial charge is 0.412 e. The molecule has 1 aromatic heterocycles. The zero-order valence-electron chi connectivity index (χ0n) is 19.8. The number of fused-ring (bicyclic) bond motifs is 1. The zero-order chi connectivity index (χ0) is 25.4. The van der Waals surface area contributed by atoms with Crippen LogP contribution in [0.3, 0.4) is 0 Å². The van der Waals surface area contributed by atoms with Crippen molar-refractivity contribution >= 4 is 41.8 Å². The average molecular weight is 514 g/mol. The number of nitrogens with zero attached hydrogens (tertiary/aromatic N) is 2. The minimum Gasteiger partial charge on any atom is -0.444 e. The molecule has 0 bridgehead atoms. The standard InChI is InChI=1S/C25H29FN4O3P2/c1-24(2,3)33-23(32)30-21-11-16(25(26,34)35)5-7-19(21)20-12-22(28-13-27-20)29-17-6-4-14-9-18(31)10-15(14)8-17/h4-8,11-13,18,31H,9-10,34-35H2,1-3H3,(H,30,32)(H,27,28,29). The van der Waals surface area contributed by atoms with E-state index in [4.69, 9.17) is 4.74 Å². The first-order valence-corrected chi connectivity index (χ1v) is 12.3.